The zero-order valence-corrected chi connectivity index (χ0v) is 17.3. The van der Waals surface area contributed by atoms with Gasteiger partial charge in [0.2, 0.25) is 5.95 Å². The third kappa shape index (κ3) is 3.84. The standard InChI is InChI=1S/C22H23N5O2.ClH/c28-20(25-29)19-10-23-21(24-11-19)27-8-7-22(15-27)13-26(14-22)12-16-5-6-17-3-1-2-4-18(17)9-16;/h1-6,9-11,29H,7-8,12-15H2,(H,25,28);1H. The Balaban J connectivity index is 0.00000218. The molecule has 0 unspecified atom stereocenters. The smallest absolute Gasteiger partial charge is 0.277 e. The topological polar surface area (TPSA) is 81.6 Å². The van der Waals surface area contributed by atoms with Gasteiger partial charge in [-0.2, -0.15) is 0 Å². The van der Waals surface area contributed by atoms with Crippen LogP contribution in [0, 0.1) is 5.41 Å². The number of amides is 1. The van der Waals surface area contributed by atoms with Crippen LogP contribution in [0.3, 0.4) is 0 Å². The largest absolute Gasteiger partial charge is 0.340 e. The number of nitrogens with zero attached hydrogens (tertiary/aromatic N) is 4. The molecule has 0 aliphatic carbocycles. The van der Waals surface area contributed by atoms with Crippen molar-refractivity contribution in [1.82, 2.24) is 20.3 Å². The molecule has 3 aromatic rings. The summed E-state index contributed by atoms with van der Waals surface area (Å²) in [7, 11) is 0. The number of halogens is 1. The van der Waals surface area contributed by atoms with Crippen molar-refractivity contribution in [2.45, 2.75) is 13.0 Å². The molecule has 8 heteroatoms. The van der Waals surface area contributed by atoms with Gasteiger partial charge in [0.25, 0.3) is 5.91 Å². The summed E-state index contributed by atoms with van der Waals surface area (Å²) in [5, 5.41) is 11.3. The zero-order valence-electron chi connectivity index (χ0n) is 16.5. The molecule has 1 aromatic heterocycles. The SMILES string of the molecule is Cl.O=C(NO)c1cnc(N2CCC3(CN(Cc4ccc5ccccc5c4)C3)C2)nc1. The summed E-state index contributed by atoms with van der Waals surface area (Å²) < 4.78 is 0. The first-order chi connectivity index (χ1) is 14.1. The summed E-state index contributed by atoms with van der Waals surface area (Å²) in [4.78, 5) is 24.7. The Morgan fingerprint density at radius 3 is 2.53 bits per heavy atom. The van der Waals surface area contributed by atoms with Crippen molar-refractivity contribution >= 4 is 35.0 Å². The molecule has 2 fully saturated rings. The van der Waals surface area contributed by atoms with Crippen LogP contribution in [0.1, 0.15) is 22.3 Å². The van der Waals surface area contributed by atoms with Gasteiger partial charge in [0, 0.05) is 50.5 Å². The molecule has 0 atom stereocenters. The minimum atomic E-state index is -0.599. The van der Waals surface area contributed by atoms with E-state index in [0.29, 0.717) is 11.4 Å². The molecule has 0 radical (unpaired) electrons. The van der Waals surface area contributed by atoms with Crippen LogP contribution >= 0.6 is 12.4 Å². The predicted molar refractivity (Wildman–Crippen MR) is 117 cm³/mol. The fourth-order valence-electron chi connectivity index (χ4n) is 4.64. The van der Waals surface area contributed by atoms with Crippen molar-refractivity contribution in [1.29, 1.82) is 0 Å². The molecule has 1 spiro atoms. The minimum Gasteiger partial charge on any atom is -0.340 e. The fourth-order valence-corrected chi connectivity index (χ4v) is 4.64. The second-order valence-corrected chi connectivity index (χ2v) is 8.21. The molecule has 7 nitrogen and oxygen atoms in total. The third-order valence-electron chi connectivity index (χ3n) is 6.06. The van der Waals surface area contributed by atoms with Gasteiger partial charge in [0.15, 0.2) is 0 Å². The van der Waals surface area contributed by atoms with Gasteiger partial charge in [-0.3, -0.25) is 14.9 Å². The number of carbonyl (C=O) groups is 1. The van der Waals surface area contributed by atoms with E-state index in [1.54, 1.807) is 5.48 Å². The van der Waals surface area contributed by atoms with Gasteiger partial charge in [-0.15, -0.1) is 12.4 Å². The summed E-state index contributed by atoms with van der Waals surface area (Å²) >= 11 is 0. The van der Waals surface area contributed by atoms with Gasteiger partial charge >= 0.3 is 0 Å². The van der Waals surface area contributed by atoms with Gasteiger partial charge in [-0.1, -0.05) is 36.4 Å². The van der Waals surface area contributed by atoms with Crippen LogP contribution in [0.15, 0.2) is 54.9 Å². The molecule has 2 N–H and O–H groups in total. The van der Waals surface area contributed by atoms with Crippen LogP contribution in [0.4, 0.5) is 5.95 Å². The second kappa shape index (κ2) is 8.18. The van der Waals surface area contributed by atoms with Crippen molar-refractivity contribution in [3.05, 3.63) is 66.0 Å². The quantitative estimate of drug-likeness (QED) is 0.494. The average Bonchev–Trinajstić information content (AvgIpc) is 3.18. The van der Waals surface area contributed by atoms with Gasteiger partial charge in [0.1, 0.15) is 0 Å². The Hall–Kier alpha value is -2.74. The Kier molecular flexibility index (Phi) is 5.60. The fraction of sp³-hybridized carbons (Fsp3) is 0.318. The number of likely N-dealkylation sites (tertiary alicyclic amines) is 1. The molecule has 0 bridgehead atoms. The number of carbonyl (C=O) groups excluding carboxylic acids is 1. The average molecular weight is 426 g/mol. The van der Waals surface area contributed by atoms with Crippen LogP contribution in [-0.4, -0.2) is 52.2 Å². The lowest BCUT2D eigenvalue weighted by Crippen LogP contribution is -2.56. The van der Waals surface area contributed by atoms with Crippen LogP contribution in [0.2, 0.25) is 0 Å². The van der Waals surface area contributed by atoms with E-state index in [-0.39, 0.29) is 18.0 Å². The highest BCUT2D eigenvalue weighted by Gasteiger charge is 2.47. The first kappa shape index (κ1) is 20.5. The van der Waals surface area contributed by atoms with E-state index in [1.807, 2.05) is 0 Å². The monoisotopic (exact) mass is 425 g/mol. The molecule has 0 saturated carbocycles. The highest BCUT2D eigenvalue weighted by molar-refractivity contribution is 5.92. The first-order valence-electron chi connectivity index (χ1n) is 9.86. The van der Waals surface area contributed by atoms with E-state index < -0.39 is 5.91 Å². The predicted octanol–water partition coefficient (Wildman–Crippen LogP) is 2.88. The molecule has 2 aliphatic heterocycles. The Morgan fingerprint density at radius 1 is 1.07 bits per heavy atom. The molecule has 1 amide bonds. The van der Waals surface area contributed by atoms with E-state index in [2.05, 4.69) is 62.2 Å². The minimum absolute atomic E-state index is 0. The number of benzene rings is 2. The number of hydrogen-bond donors (Lipinski definition) is 2. The Morgan fingerprint density at radius 2 is 1.80 bits per heavy atom. The summed E-state index contributed by atoms with van der Waals surface area (Å²) in [6, 6.07) is 15.2. The summed E-state index contributed by atoms with van der Waals surface area (Å²) in [6.07, 6.45) is 4.03. The van der Waals surface area contributed by atoms with Crippen molar-refractivity contribution in [2.75, 3.05) is 31.1 Å². The summed E-state index contributed by atoms with van der Waals surface area (Å²) in [6.45, 7) is 5.01. The van der Waals surface area contributed by atoms with Crippen molar-refractivity contribution in [2.24, 2.45) is 5.41 Å². The lowest BCUT2D eigenvalue weighted by atomic mass is 9.79. The second-order valence-electron chi connectivity index (χ2n) is 8.21. The van der Waals surface area contributed by atoms with E-state index in [9.17, 15) is 4.79 Å². The Bertz CT molecular complexity index is 1050. The molecule has 30 heavy (non-hydrogen) atoms. The molecule has 3 heterocycles. The van der Waals surface area contributed by atoms with E-state index in [1.165, 1.54) is 28.7 Å². The maximum absolute atomic E-state index is 11.4. The van der Waals surface area contributed by atoms with E-state index in [0.717, 1.165) is 39.1 Å². The summed E-state index contributed by atoms with van der Waals surface area (Å²) in [5.41, 5.74) is 3.51. The van der Waals surface area contributed by atoms with Crippen LogP contribution in [0.25, 0.3) is 10.8 Å². The molecular weight excluding hydrogens is 402 g/mol. The van der Waals surface area contributed by atoms with Gasteiger partial charge in [0.05, 0.1) is 5.56 Å². The zero-order chi connectivity index (χ0) is 19.8. The van der Waals surface area contributed by atoms with Crippen molar-refractivity contribution in [3.63, 3.8) is 0 Å². The molecule has 2 aromatic carbocycles. The molecule has 5 rings (SSSR count). The number of fused-ring (bicyclic) bond motifs is 1. The van der Waals surface area contributed by atoms with E-state index in [4.69, 9.17) is 5.21 Å². The number of rotatable bonds is 4. The lowest BCUT2D eigenvalue weighted by molar-refractivity contribution is 0.0117. The number of anilines is 1. The van der Waals surface area contributed by atoms with Crippen LogP contribution < -0.4 is 10.4 Å². The van der Waals surface area contributed by atoms with E-state index >= 15 is 0 Å². The summed E-state index contributed by atoms with van der Waals surface area (Å²) in [5.74, 6) is 0.0436. The van der Waals surface area contributed by atoms with Crippen molar-refractivity contribution in [3.8, 4) is 0 Å². The number of aromatic nitrogens is 2. The maximum Gasteiger partial charge on any atom is 0.277 e. The number of nitrogens with one attached hydrogen (secondary N) is 1. The van der Waals surface area contributed by atoms with Crippen LogP contribution in [0.5, 0.6) is 0 Å². The molecule has 2 saturated heterocycles. The van der Waals surface area contributed by atoms with Crippen LogP contribution in [-0.2, 0) is 6.54 Å². The molecule has 156 valence electrons. The van der Waals surface area contributed by atoms with Gasteiger partial charge in [-0.25, -0.2) is 15.4 Å². The first-order valence-corrected chi connectivity index (χ1v) is 9.86. The normalized spacial score (nSPS) is 17.6. The third-order valence-corrected chi connectivity index (χ3v) is 6.06. The number of hydrogen-bond acceptors (Lipinski definition) is 6. The lowest BCUT2D eigenvalue weighted by Gasteiger charge is -2.48. The maximum atomic E-state index is 11.4. The van der Waals surface area contributed by atoms with Crippen molar-refractivity contribution < 1.29 is 10.0 Å². The Labute approximate surface area is 181 Å². The highest BCUT2D eigenvalue weighted by atomic mass is 35.5. The van der Waals surface area contributed by atoms with Gasteiger partial charge in [-0.05, 0) is 28.8 Å². The molecule has 2 aliphatic rings. The highest BCUT2D eigenvalue weighted by Crippen LogP contribution is 2.41. The van der Waals surface area contributed by atoms with Gasteiger partial charge < -0.3 is 4.90 Å². The number of hydroxylamine groups is 1. The molecular formula is C22H24ClN5O2.